The molecular weight excluding hydrogens is 368 g/mol. The summed E-state index contributed by atoms with van der Waals surface area (Å²) in [6.07, 6.45) is 2.47. The standard InChI is InChI=1S/C21H28N6S/c1-13-10-20(24-15(3)23-13)22-11-17-6-5-9-27(12-17)14(2)18-7-8-19-21(26-18)25-16(4)28-19/h7-8,10,14,17H,5-6,9,11-12H2,1-4H3,(H,22,23,24)/t14?,17-/m1/s1. The van der Waals surface area contributed by atoms with E-state index in [9.17, 15) is 0 Å². The number of aryl methyl sites for hydroxylation is 3. The van der Waals surface area contributed by atoms with Crippen LogP contribution in [0, 0.1) is 26.7 Å². The van der Waals surface area contributed by atoms with Gasteiger partial charge in [-0.15, -0.1) is 11.3 Å². The lowest BCUT2D eigenvalue weighted by Crippen LogP contribution is -2.39. The predicted molar refractivity (Wildman–Crippen MR) is 115 cm³/mol. The highest BCUT2D eigenvalue weighted by molar-refractivity contribution is 7.18. The molecule has 2 atom stereocenters. The zero-order valence-corrected chi connectivity index (χ0v) is 17.9. The highest BCUT2D eigenvalue weighted by Crippen LogP contribution is 2.28. The second kappa shape index (κ2) is 8.09. The average molecular weight is 397 g/mol. The zero-order valence-electron chi connectivity index (χ0n) is 17.1. The summed E-state index contributed by atoms with van der Waals surface area (Å²) in [5.74, 6) is 2.36. The smallest absolute Gasteiger partial charge is 0.170 e. The first kappa shape index (κ1) is 19.2. The Hall–Kier alpha value is -2.12. The number of likely N-dealkylation sites (tertiary alicyclic amines) is 1. The molecule has 4 heterocycles. The summed E-state index contributed by atoms with van der Waals surface area (Å²) < 4.78 is 1.17. The Morgan fingerprint density at radius 1 is 1.18 bits per heavy atom. The first-order valence-electron chi connectivity index (χ1n) is 10.0. The summed E-state index contributed by atoms with van der Waals surface area (Å²) in [5, 5.41) is 4.60. The Morgan fingerprint density at radius 3 is 2.86 bits per heavy atom. The number of hydrogen-bond donors (Lipinski definition) is 1. The average Bonchev–Trinajstić information content (AvgIpc) is 3.04. The van der Waals surface area contributed by atoms with E-state index in [4.69, 9.17) is 4.98 Å². The molecule has 1 saturated heterocycles. The lowest BCUT2D eigenvalue weighted by atomic mass is 9.96. The molecule has 28 heavy (non-hydrogen) atoms. The van der Waals surface area contributed by atoms with E-state index < -0.39 is 0 Å². The fourth-order valence-electron chi connectivity index (χ4n) is 4.03. The summed E-state index contributed by atoms with van der Waals surface area (Å²) in [5.41, 5.74) is 3.01. The van der Waals surface area contributed by atoms with Crippen molar-refractivity contribution in [2.45, 2.75) is 46.6 Å². The van der Waals surface area contributed by atoms with Gasteiger partial charge in [0.1, 0.15) is 11.6 Å². The largest absolute Gasteiger partial charge is 0.370 e. The highest BCUT2D eigenvalue weighted by Gasteiger charge is 2.25. The monoisotopic (exact) mass is 396 g/mol. The second-order valence-corrected chi connectivity index (χ2v) is 9.03. The highest BCUT2D eigenvalue weighted by atomic mass is 32.1. The summed E-state index contributed by atoms with van der Waals surface area (Å²) in [6, 6.07) is 6.66. The van der Waals surface area contributed by atoms with E-state index in [0.29, 0.717) is 12.0 Å². The molecule has 1 fully saturated rings. The second-order valence-electron chi connectivity index (χ2n) is 7.79. The molecule has 1 aliphatic heterocycles. The van der Waals surface area contributed by atoms with Crippen LogP contribution < -0.4 is 5.32 Å². The third kappa shape index (κ3) is 4.31. The molecule has 3 aromatic rings. The molecule has 1 N–H and O–H groups in total. The van der Waals surface area contributed by atoms with Crippen LogP contribution in [0.25, 0.3) is 10.3 Å². The van der Waals surface area contributed by atoms with E-state index >= 15 is 0 Å². The van der Waals surface area contributed by atoms with Gasteiger partial charge in [-0.1, -0.05) is 0 Å². The van der Waals surface area contributed by atoms with Crippen LogP contribution in [0.15, 0.2) is 18.2 Å². The Labute approximate surface area is 170 Å². The lowest BCUT2D eigenvalue weighted by molar-refractivity contribution is 0.134. The van der Waals surface area contributed by atoms with E-state index in [0.717, 1.165) is 53.3 Å². The molecule has 1 unspecified atom stereocenters. The van der Waals surface area contributed by atoms with Gasteiger partial charge in [-0.3, -0.25) is 4.90 Å². The van der Waals surface area contributed by atoms with Crippen LogP contribution in [-0.4, -0.2) is 44.5 Å². The van der Waals surface area contributed by atoms with Gasteiger partial charge < -0.3 is 5.32 Å². The fraction of sp³-hybridized carbons (Fsp3) is 0.524. The van der Waals surface area contributed by atoms with Crippen LogP contribution in [-0.2, 0) is 0 Å². The van der Waals surface area contributed by atoms with Crippen LogP contribution in [0.2, 0.25) is 0 Å². The summed E-state index contributed by atoms with van der Waals surface area (Å²) >= 11 is 1.71. The molecule has 0 radical (unpaired) electrons. The number of fused-ring (bicyclic) bond motifs is 1. The summed E-state index contributed by atoms with van der Waals surface area (Å²) in [7, 11) is 0. The Kier molecular flexibility index (Phi) is 5.55. The molecular formula is C21H28N6S. The van der Waals surface area contributed by atoms with Crippen LogP contribution in [0.4, 0.5) is 5.82 Å². The third-order valence-electron chi connectivity index (χ3n) is 5.45. The van der Waals surface area contributed by atoms with Gasteiger partial charge in [0.25, 0.3) is 0 Å². The number of thiazole rings is 1. The zero-order chi connectivity index (χ0) is 19.7. The molecule has 7 heteroatoms. The third-order valence-corrected chi connectivity index (χ3v) is 6.37. The minimum atomic E-state index is 0.303. The first-order chi connectivity index (χ1) is 13.5. The molecule has 6 nitrogen and oxygen atoms in total. The van der Waals surface area contributed by atoms with Gasteiger partial charge in [0, 0.05) is 30.9 Å². The van der Waals surface area contributed by atoms with Crippen molar-refractivity contribution in [1.29, 1.82) is 0 Å². The maximum absolute atomic E-state index is 4.83. The van der Waals surface area contributed by atoms with Gasteiger partial charge in [-0.2, -0.15) is 0 Å². The van der Waals surface area contributed by atoms with Gasteiger partial charge in [-0.25, -0.2) is 19.9 Å². The van der Waals surface area contributed by atoms with E-state index in [1.54, 1.807) is 11.3 Å². The summed E-state index contributed by atoms with van der Waals surface area (Å²) in [6.45, 7) is 11.4. The van der Waals surface area contributed by atoms with Crippen LogP contribution in [0.3, 0.4) is 0 Å². The van der Waals surface area contributed by atoms with Gasteiger partial charge in [0.15, 0.2) is 5.65 Å². The Bertz CT molecular complexity index is 948. The maximum atomic E-state index is 4.83. The van der Waals surface area contributed by atoms with E-state index in [-0.39, 0.29) is 0 Å². The molecule has 3 aromatic heterocycles. The number of nitrogens with zero attached hydrogens (tertiary/aromatic N) is 5. The van der Waals surface area contributed by atoms with E-state index in [2.05, 4.69) is 44.2 Å². The molecule has 4 rings (SSSR count). The number of aromatic nitrogens is 4. The van der Waals surface area contributed by atoms with Gasteiger partial charge >= 0.3 is 0 Å². The predicted octanol–water partition coefficient (Wildman–Crippen LogP) is 4.29. The van der Waals surface area contributed by atoms with Crippen LogP contribution in [0.5, 0.6) is 0 Å². The first-order valence-corrected chi connectivity index (χ1v) is 10.8. The van der Waals surface area contributed by atoms with E-state index in [1.807, 2.05) is 26.8 Å². The topological polar surface area (TPSA) is 66.8 Å². The van der Waals surface area contributed by atoms with Crippen molar-refractivity contribution in [2.75, 3.05) is 25.0 Å². The van der Waals surface area contributed by atoms with Crippen molar-refractivity contribution >= 4 is 27.5 Å². The van der Waals surface area contributed by atoms with E-state index in [1.165, 1.54) is 17.5 Å². The number of hydrogen-bond acceptors (Lipinski definition) is 7. The molecule has 0 spiro atoms. The molecule has 0 saturated carbocycles. The number of anilines is 1. The fourth-order valence-corrected chi connectivity index (χ4v) is 4.80. The molecule has 0 bridgehead atoms. The van der Waals surface area contributed by atoms with Crippen molar-refractivity contribution in [3.05, 3.63) is 40.4 Å². The molecule has 0 aliphatic carbocycles. The van der Waals surface area contributed by atoms with Crippen LogP contribution in [0.1, 0.15) is 48.0 Å². The van der Waals surface area contributed by atoms with Gasteiger partial charge in [0.05, 0.1) is 15.4 Å². The maximum Gasteiger partial charge on any atom is 0.170 e. The quantitative estimate of drug-likeness (QED) is 0.694. The minimum absolute atomic E-state index is 0.303. The number of pyridine rings is 1. The Morgan fingerprint density at radius 2 is 2.04 bits per heavy atom. The molecule has 0 aromatic carbocycles. The molecule has 148 valence electrons. The normalized spacial score (nSPS) is 19.1. The van der Waals surface area contributed by atoms with Crippen LogP contribution >= 0.6 is 11.3 Å². The summed E-state index contributed by atoms with van der Waals surface area (Å²) in [4.78, 5) is 20.8. The van der Waals surface area contributed by atoms with Crippen molar-refractivity contribution in [3.8, 4) is 0 Å². The number of nitrogens with one attached hydrogen (secondary N) is 1. The Balaban J connectivity index is 1.40. The lowest BCUT2D eigenvalue weighted by Gasteiger charge is -2.36. The van der Waals surface area contributed by atoms with Crippen molar-refractivity contribution < 1.29 is 0 Å². The molecule has 0 amide bonds. The minimum Gasteiger partial charge on any atom is -0.370 e. The van der Waals surface area contributed by atoms with Gasteiger partial charge in [0.2, 0.25) is 0 Å². The number of rotatable bonds is 5. The van der Waals surface area contributed by atoms with Crippen molar-refractivity contribution in [1.82, 2.24) is 24.8 Å². The molecule has 1 aliphatic rings. The van der Waals surface area contributed by atoms with Crippen molar-refractivity contribution in [2.24, 2.45) is 5.92 Å². The number of piperidine rings is 1. The SMILES string of the molecule is Cc1cc(NC[C@H]2CCCN(C(C)c3ccc4sc(C)nc4n3)C2)nc(C)n1. The van der Waals surface area contributed by atoms with Crippen molar-refractivity contribution in [3.63, 3.8) is 0 Å². The van der Waals surface area contributed by atoms with Gasteiger partial charge in [-0.05, 0) is 65.1 Å².